The average molecular weight is 267 g/mol. The fraction of sp³-hybridized carbons (Fsp3) is 0. The normalized spacial score (nSPS) is 10.0. The van der Waals surface area contributed by atoms with E-state index < -0.39 is 0 Å². The Balaban J connectivity index is 2.22. The van der Waals surface area contributed by atoms with Crippen LogP contribution < -0.4 is 5.32 Å². The van der Waals surface area contributed by atoms with Crippen LogP contribution in [0.25, 0.3) is 0 Å². The van der Waals surface area contributed by atoms with Gasteiger partial charge in [0.2, 0.25) is 0 Å². The van der Waals surface area contributed by atoms with Crippen molar-refractivity contribution in [2.45, 2.75) is 0 Å². The fourth-order valence-corrected chi connectivity index (χ4v) is 1.38. The summed E-state index contributed by atoms with van der Waals surface area (Å²) in [6.07, 6.45) is 1.66. The minimum atomic E-state index is -0.290. The van der Waals surface area contributed by atoms with E-state index in [2.05, 4.69) is 26.2 Å². The highest BCUT2D eigenvalue weighted by atomic mass is 79.9. The summed E-state index contributed by atoms with van der Waals surface area (Å²) in [6.45, 7) is 0. The number of hydrogen-bond acceptors (Lipinski definition) is 2. The minimum Gasteiger partial charge on any atom is -0.338 e. The second kappa shape index (κ2) is 4.40. The van der Waals surface area contributed by atoms with Crippen molar-refractivity contribution in [1.82, 2.24) is 4.98 Å². The molecule has 0 bridgehead atoms. The molecule has 0 fully saturated rings. The van der Waals surface area contributed by atoms with Crippen molar-refractivity contribution < 1.29 is 4.39 Å². The lowest BCUT2D eigenvalue weighted by Crippen LogP contribution is -1.95. The number of rotatable bonds is 2. The second-order valence-corrected chi connectivity index (χ2v) is 3.88. The minimum absolute atomic E-state index is 0.290. The van der Waals surface area contributed by atoms with E-state index in [4.69, 9.17) is 0 Å². The number of nitrogens with one attached hydrogen (secondary N) is 1. The molecule has 0 aliphatic carbocycles. The number of aromatic nitrogens is 1. The molecule has 0 atom stereocenters. The first-order chi connectivity index (χ1) is 7.25. The van der Waals surface area contributed by atoms with Crippen molar-refractivity contribution in [2.75, 3.05) is 5.32 Å². The lowest BCUT2D eigenvalue weighted by Gasteiger charge is -2.05. The molecule has 4 heteroatoms. The Labute approximate surface area is 95.3 Å². The zero-order valence-corrected chi connectivity index (χ0v) is 9.33. The Hall–Kier alpha value is -1.42. The molecule has 0 saturated carbocycles. The van der Waals surface area contributed by atoms with Crippen molar-refractivity contribution in [3.8, 4) is 0 Å². The quantitative estimate of drug-likeness (QED) is 0.896. The van der Waals surface area contributed by atoms with E-state index in [1.807, 2.05) is 6.07 Å². The summed E-state index contributed by atoms with van der Waals surface area (Å²) in [6, 6.07) is 10.1. The van der Waals surface area contributed by atoms with E-state index >= 15 is 0 Å². The van der Waals surface area contributed by atoms with Crippen LogP contribution in [0, 0.1) is 5.82 Å². The van der Waals surface area contributed by atoms with Crippen LogP contribution in [0.5, 0.6) is 0 Å². The van der Waals surface area contributed by atoms with Gasteiger partial charge in [-0.05, 0) is 40.2 Å². The first-order valence-electron chi connectivity index (χ1n) is 4.39. The van der Waals surface area contributed by atoms with E-state index in [0.29, 0.717) is 11.5 Å². The highest BCUT2D eigenvalue weighted by Crippen LogP contribution is 2.18. The number of halogens is 2. The van der Waals surface area contributed by atoms with Crippen LogP contribution in [0.1, 0.15) is 0 Å². The first kappa shape index (κ1) is 10.1. The number of hydrogen-bond donors (Lipinski definition) is 1. The maximum atomic E-state index is 13.3. The number of pyridine rings is 1. The molecule has 2 nitrogen and oxygen atoms in total. The Bertz CT molecular complexity index is 456. The fourth-order valence-electron chi connectivity index (χ4n) is 1.15. The van der Waals surface area contributed by atoms with Crippen molar-refractivity contribution in [2.24, 2.45) is 0 Å². The number of benzene rings is 1. The van der Waals surface area contributed by atoms with Gasteiger partial charge in [0.1, 0.15) is 11.6 Å². The van der Waals surface area contributed by atoms with Gasteiger partial charge in [0.05, 0.1) is 5.69 Å². The molecule has 1 heterocycles. The van der Waals surface area contributed by atoms with E-state index in [1.54, 1.807) is 30.5 Å². The van der Waals surface area contributed by atoms with Gasteiger partial charge >= 0.3 is 0 Å². The molecular weight excluding hydrogens is 259 g/mol. The Morgan fingerprint density at radius 2 is 1.93 bits per heavy atom. The maximum Gasteiger partial charge on any atom is 0.146 e. The topological polar surface area (TPSA) is 24.9 Å². The van der Waals surface area contributed by atoms with Crippen LogP contribution in [0.4, 0.5) is 15.9 Å². The third-order valence-electron chi connectivity index (χ3n) is 1.86. The molecule has 1 aromatic heterocycles. The van der Waals surface area contributed by atoms with Crippen LogP contribution in [0.2, 0.25) is 0 Å². The highest BCUT2D eigenvalue weighted by molar-refractivity contribution is 9.10. The maximum absolute atomic E-state index is 13.3. The molecule has 0 radical (unpaired) electrons. The summed E-state index contributed by atoms with van der Waals surface area (Å²) in [7, 11) is 0. The molecule has 1 N–H and O–H groups in total. The molecule has 76 valence electrons. The van der Waals surface area contributed by atoms with Crippen molar-refractivity contribution in [3.63, 3.8) is 0 Å². The zero-order valence-electron chi connectivity index (χ0n) is 7.74. The predicted molar refractivity (Wildman–Crippen MR) is 61.6 cm³/mol. The summed E-state index contributed by atoms with van der Waals surface area (Å²) < 4.78 is 14.1. The van der Waals surface area contributed by atoms with Gasteiger partial charge in [-0.2, -0.15) is 0 Å². The van der Waals surface area contributed by atoms with Gasteiger partial charge in [-0.1, -0.05) is 12.1 Å². The first-order valence-corrected chi connectivity index (χ1v) is 5.18. The molecule has 2 rings (SSSR count). The smallest absolute Gasteiger partial charge is 0.146 e. The van der Waals surface area contributed by atoms with Crippen molar-refractivity contribution >= 4 is 27.4 Å². The summed E-state index contributed by atoms with van der Waals surface area (Å²) in [4.78, 5) is 4.09. The Kier molecular flexibility index (Phi) is 2.97. The molecule has 0 spiro atoms. The molecule has 0 saturated heterocycles. The molecule has 1 aromatic carbocycles. The molecule has 0 aliphatic heterocycles. The Morgan fingerprint density at radius 1 is 1.13 bits per heavy atom. The standard InChI is InChI=1S/C11H8BrFN2/c12-8-5-6-11(14-7-8)15-10-4-2-1-3-9(10)13/h1-7H,(H,14,15). The van der Waals surface area contributed by atoms with Gasteiger partial charge in [-0.3, -0.25) is 0 Å². The van der Waals surface area contributed by atoms with Crippen LogP contribution in [-0.4, -0.2) is 4.98 Å². The molecule has 0 amide bonds. The number of nitrogens with zero attached hydrogens (tertiary/aromatic N) is 1. The zero-order chi connectivity index (χ0) is 10.7. The van der Waals surface area contributed by atoms with Gasteiger partial charge in [-0.25, -0.2) is 9.37 Å². The summed E-state index contributed by atoms with van der Waals surface area (Å²) in [5.41, 5.74) is 0.423. The van der Waals surface area contributed by atoms with Crippen molar-refractivity contribution in [1.29, 1.82) is 0 Å². The second-order valence-electron chi connectivity index (χ2n) is 2.97. The van der Waals surface area contributed by atoms with E-state index in [9.17, 15) is 4.39 Å². The van der Waals surface area contributed by atoms with Crippen LogP contribution in [0.3, 0.4) is 0 Å². The number of anilines is 2. The average Bonchev–Trinajstić information content (AvgIpc) is 2.25. The van der Waals surface area contributed by atoms with Gasteiger partial charge in [-0.15, -0.1) is 0 Å². The third-order valence-corrected chi connectivity index (χ3v) is 2.33. The van der Waals surface area contributed by atoms with Gasteiger partial charge in [0.15, 0.2) is 0 Å². The molecule has 0 aliphatic rings. The van der Waals surface area contributed by atoms with Crippen LogP contribution in [-0.2, 0) is 0 Å². The SMILES string of the molecule is Fc1ccccc1Nc1ccc(Br)cn1. The molecule has 2 aromatic rings. The summed E-state index contributed by atoms with van der Waals surface area (Å²) in [5, 5.41) is 2.89. The Morgan fingerprint density at radius 3 is 2.60 bits per heavy atom. The largest absolute Gasteiger partial charge is 0.338 e. The molecular formula is C11H8BrFN2. The number of para-hydroxylation sites is 1. The lowest BCUT2D eigenvalue weighted by molar-refractivity contribution is 0.632. The monoisotopic (exact) mass is 266 g/mol. The summed E-state index contributed by atoms with van der Waals surface area (Å²) in [5.74, 6) is 0.325. The van der Waals surface area contributed by atoms with Crippen LogP contribution >= 0.6 is 15.9 Å². The van der Waals surface area contributed by atoms with Crippen molar-refractivity contribution in [3.05, 3.63) is 52.9 Å². The molecule has 0 unspecified atom stereocenters. The van der Waals surface area contributed by atoms with Gasteiger partial charge in [0.25, 0.3) is 0 Å². The van der Waals surface area contributed by atoms with Gasteiger partial charge < -0.3 is 5.32 Å². The summed E-state index contributed by atoms with van der Waals surface area (Å²) >= 11 is 3.28. The van der Waals surface area contributed by atoms with E-state index in [0.717, 1.165) is 4.47 Å². The highest BCUT2D eigenvalue weighted by Gasteiger charge is 2.00. The third kappa shape index (κ3) is 2.53. The van der Waals surface area contributed by atoms with E-state index in [1.165, 1.54) is 6.07 Å². The predicted octanol–water partition coefficient (Wildman–Crippen LogP) is 3.73. The molecule has 15 heavy (non-hydrogen) atoms. The van der Waals surface area contributed by atoms with Crippen LogP contribution in [0.15, 0.2) is 47.1 Å². The van der Waals surface area contributed by atoms with E-state index in [-0.39, 0.29) is 5.82 Å². The van der Waals surface area contributed by atoms with Gasteiger partial charge in [0, 0.05) is 10.7 Å². The lowest BCUT2D eigenvalue weighted by atomic mass is 10.3.